The third kappa shape index (κ3) is 5.80. The van der Waals surface area contributed by atoms with Gasteiger partial charge < -0.3 is 9.64 Å². The molecule has 0 spiro atoms. The van der Waals surface area contributed by atoms with E-state index in [2.05, 4.69) is 30.3 Å². The molecule has 0 saturated carbocycles. The molecule has 3 heteroatoms. The van der Waals surface area contributed by atoms with Crippen molar-refractivity contribution in [1.29, 1.82) is 0 Å². The van der Waals surface area contributed by atoms with Gasteiger partial charge in [-0.3, -0.25) is 4.79 Å². The summed E-state index contributed by atoms with van der Waals surface area (Å²) in [7, 11) is 0. The summed E-state index contributed by atoms with van der Waals surface area (Å²) >= 11 is 0. The molecule has 0 N–H and O–H groups in total. The predicted octanol–water partition coefficient (Wildman–Crippen LogP) is 3.67. The summed E-state index contributed by atoms with van der Waals surface area (Å²) in [6.07, 6.45) is 5.40. The highest BCUT2D eigenvalue weighted by atomic mass is 16.5. The highest BCUT2D eigenvalue weighted by molar-refractivity contribution is 5.76. The van der Waals surface area contributed by atoms with Crippen LogP contribution in [0, 0.1) is 5.92 Å². The van der Waals surface area contributed by atoms with Gasteiger partial charge in [-0.2, -0.15) is 0 Å². The van der Waals surface area contributed by atoms with Gasteiger partial charge in [-0.05, 0) is 51.0 Å². The Balaban J connectivity index is 1.64. The van der Waals surface area contributed by atoms with Gasteiger partial charge >= 0.3 is 0 Å². The van der Waals surface area contributed by atoms with Crippen molar-refractivity contribution in [2.45, 2.75) is 52.1 Å². The lowest BCUT2D eigenvalue weighted by Crippen LogP contribution is -2.39. The lowest BCUT2D eigenvalue weighted by atomic mass is 9.90. The Bertz CT molecular complexity index is 436. The lowest BCUT2D eigenvalue weighted by Gasteiger charge is -2.32. The third-order valence-corrected chi connectivity index (χ3v) is 4.42. The van der Waals surface area contributed by atoms with Gasteiger partial charge in [0.05, 0.1) is 19.1 Å². The number of nitrogens with zero attached hydrogens (tertiary/aromatic N) is 1. The molecule has 0 atom stereocenters. The van der Waals surface area contributed by atoms with Crippen LogP contribution in [0.15, 0.2) is 30.3 Å². The van der Waals surface area contributed by atoms with Crippen LogP contribution in [0.3, 0.4) is 0 Å². The summed E-state index contributed by atoms with van der Waals surface area (Å²) < 4.78 is 5.46. The van der Waals surface area contributed by atoms with E-state index in [0.717, 1.165) is 38.3 Å². The van der Waals surface area contributed by atoms with Crippen molar-refractivity contribution in [2.75, 3.05) is 19.7 Å². The van der Waals surface area contributed by atoms with Crippen molar-refractivity contribution in [1.82, 2.24) is 4.90 Å². The average molecular weight is 303 g/mol. The second-order valence-corrected chi connectivity index (χ2v) is 6.52. The van der Waals surface area contributed by atoms with Crippen LogP contribution in [0.1, 0.15) is 45.1 Å². The molecule has 0 unspecified atom stereocenters. The molecule has 3 nitrogen and oxygen atoms in total. The van der Waals surface area contributed by atoms with Crippen LogP contribution < -0.4 is 0 Å². The standard InChI is InChI=1S/C19H29NO2/c1-16(2)22-15-12-19(21)20-13-10-18(11-14-20)9-8-17-6-4-3-5-7-17/h3-7,16,18H,8-15H2,1-2H3. The van der Waals surface area contributed by atoms with Crippen molar-refractivity contribution in [2.24, 2.45) is 5.92 Å². The lowest BCUT2D eigenvalue weighted by molar-refractivity contribution is -0.134. The van der Waals surface area contributed by atoms with E-state index in [0.29, 0.717) is 13.0 Å². The molecule has 1 amide bonds. The molecule has 1 heterocycles. The quantitative estimate of drug-likeness (QED) is 0.769. The zero-order valence-corrected chi connectivity index (χ0v) is 14.0. The number of amides is 1. The highest BCUT2D eigenvalue weighted by Crippen LogP contribution is 2.22. The number of ether oxygens (including phenoxy) is 1. The summed E-state index contributed by atoms with van der Waals surface area (Å²) in [6.45, 7) is 6.38. The predicted molar refractivity (Wildman–Crippen MR) is 89.8 cm³/mol. The average Bonchev–Trinajstić information content (AvgIpc) is 2.54. The Hall–Kier alpha value is -1.35. The fourth-order valence-corrected chi connectivity index (χ4v) is 3.03. The maximum atomic E-state index is 12.1. The molecule has 122 valence electrons. The number of hydrogen-bond acceptors (Lipinski definition) is 2. The van der Waals surface area contributed by atoms with Crippen molar-refractivity contribution in [3.63, 3.8) is 0 Å². The van der Waals surface area contributed by atoms with E-state index in [1.165, 1.54) is 12.0 Å². The second kappa shape index (κ2) is 8.94. The monoisotopic (exact) mass is 303 g/mol. The van der Waals surface area contributed by atoms with E-state index in [4.69, 9.17) is 4.74 Å². The number of aryl methyl sites for hydroxylation is 1. The summed E-state index contributed by atoms with van der Waals surface area (Å²) in [5.41, 5.74) is 1.42. The molecule has 1 aromatic rings. The minimum atomic E-state index is 0.205. The number of carbonyl (C=O) groups excluding carboxylic acids is 1. The molecule has 22 heavy (non-hydrogen) atoms. The minimum Gasteiger partial charge on any atom is -0.378 e. The molecule has 0 aliphatic carbocycles. The number of piperidine rings is 1. The molecule has 1 aromatic carbocycles. The Morgan fingerprint density at radius 1 is 1.23 bits per heavy atom. The van der Waals surface area contributed by atoms with E-state index >= 15 is 0 Å². The van der Waals surface area contributed by atoms with Gasteiger partial charge in [0.15, 0.2) is 0 Å². The highest BCUT2D eigenvalue weighted by Gasteiger charge is 2.22. The van der Waals surface area contributed by atoms with Gasteiger partial charge in [-0.25, -0.2) is 0 Å². The fourth-order valence-electron chi connectivity index (χ4n) is 3.03. The molecular formula is C19H29NO2. The Kier molecular flexibility index (Phi) is 6.91. The van der Waals surface area contributed by atoms with Gasteiger partial charge in [-0.1, -0.05) is 30.3 Å². The Labute approximate surface area is 134 Å². The number of rotatable bonds is 7. The number of likely N-dealkylation sites (tertiary alicyclic amines) is 1. The number of benzene rings is 1. The fraction of sp³-hybridized carbons (Fsp3) is 0.632. The first-order chi connectivity index (χ1) is 10.6. The van der Waals surface area contributed by atoms with Crippen LogP contribution in [0.4, 0.5) is 0 Å². The molecular weight excluding hydrogens is 274 g/mol. The minimum absolute atomic E-state index is 0.205. The van der Waals surface area contributed by atoms with Crippen LogP contribution in [0.2, 0.25) is 0 Å². The van der Waals surface area contributed by atoms with E-state index in [9.17, 15) is 4.79 Å². The van der Waals surface area contributed by atoms with Gasteiger partial charge in [0.25, 0.3) is 0 Å². The Morgan fingerprint density at radius 3 is 2.55 bits per heavy atom. The topological polar surface area (TPSA) is 29.5 Å². The molecule has 0 bridgehead atoms. The zero-order chi connectivity index (χ0) is 15.8. The maximum Gasteiger partial charge on any atom is 0.224 e. The first kappa shape index (κ1) is 17.0. The molecule has 0 aromatic heterocycles. The summed E-state index contributed by atoms with van der Waals surface area (Å²) in [4.78, 5) is 14.1. The van der Waals surface area contributed by atoms with Crippen molar-refractivity contribution in [3.05, 3.63) is 35.9 Å². The molecule has 1 aliphatic heterocycles. The normalized spacial score (nSPS) is 16.2. The maximum absolute atomic E-state index is 12.1. The van der Waals surface area contributed by atoms with Crippen LogP contribution in [0.25, 0.3) is 0 Å². The molecule has 1 saturated heterocycles. The summed E-state index contributed by atoms with van der Waals surface area (Å²) in [5.74, 6) is 1.01. The second-order valence-electron chi connectivity index (χ2n) is 6.52. The van der Waals surface area contributed by atoms with Crippen LogP contribution in [-0.2, 0) is 16.0 Å². The summed E-state index contributed by atoms with van der Waals surface area (Å²) in [5, 5.41) is 0. The van der Waals surface area contributed by atoms with E-state index in [1.54, 1.807) is 0 Å². The Morgan fingerprint density at radius 2 is 1.91 bits per heavy atom. The first-order valence-electron chi connectivity index (χ1n) is 8.58. The molecule has 1 aliphatic rings. The largest absolute Gasteiger partial charge is 0.378 e. The van der Waals surface area contributed by atoms with Gasteiger partial charge in [-0.15, -0.1) is 0 Å². The smallest absolute Gasteiger partial charge is 0.224 e. The molecule has 1 fully saturated rings. The SMILES string of the molecule is CC(C)OCCC(=O)N1CCC(CCc2ccccc2)CC1. The number of hydrogen-bond donors (Lipinski definition) is 0. The van der Waals surface area contributed by atoms with E-state index in [-0.39, 0.29) is 12.0 Å². The van der Waals surface area contributed by atoms with Crippen LogP contribution >= 0.6 is 0 Å². The van der Waals surface area contributed by atoms with Crippen molar-refractivity contribution in [3.8, 4) is 0 Å². The zero-order valence-electron chi connectivity index (χ0n) is 14.0. The van der Waals surface area contributed by atoms with Crippen molar-refractivity contribution < 1.29 is 9.53 Å². The third-order valence-electron chi connectivity index (χ3n) is 4.42. The first-order valence-corrected chi connectivity index (χ1v) is 8.58. The van der Waals surface area contributed by atoms with Gasteiger partial charge in [0.2, 0.25) is 5.91 Å². The van der Waals surface area contributed by atoms with Crippen LogP contribution in [-0.4, -0.2) is 36.6 Å². The number of carbonyl (C=O) groups is 1. The van der Waals surface area contributed by atoms with Gasteiger partial charge in [0.1, 0.15) is 0 Å². The molecule has 0 radical (unpaired) electrons. The van der Waals surface area contributed by atoms with Crippen molar-refractivity contribution >= 4 is 5.91 Å². The van der Waals surface area contributed by atoms with Crippen LogP contribution in [0.5, 0.6) is 0 Å². The molecule has 2 rings (SSSR count). The van der Waals surface area contributed by atoms with Gasteiger partial charge in [0, 0.05) is 13.1 Å². The summed E-state index contributed by atoms with van der Waals surface area (Å²) in [6, 6.07) is 10.7. The van der Waals surface area contributed by atoms with E-state index in [1.807, 2.05) is 18.7 Å². The van der Waals surface area contributed by atoms with E-state index < -0.39 is 0 Å².